The Morgan fingerprint density at radius 3 is 2.73 bits per heavy atom. The molecule has 1 aliphatic rings. The molecule has 0 aliphatic carbocycles. The average molecular weight is 369 g/mol. The fourth-order valence-electron chi connectivity index (χ4n) is 2.68. The summed E-state index contributed by atoms with van der Waals surface area (Å²) in [6.45, 7) is 0.162. The molecule has 1 aliphatic heterocycles. The number of hydrogen-bond acceptors (Lipinski definition) is 5. The number of pyridine rings is 1. The Bertz CT molecular complexity index is 932. The van der Waals surface area contributed by atoms with E-state index < -0.39 is 5.91 Å². The summed E-state index contributed by atoms with van der Waals surface area (Å²) in [4.78, 5) is 34.1. The van der Waals surface area contributed by atoms with Gasteiger partial charge >= 0.3 is 0 Å². The third-order valence-electron chi connectivity index (χ3n) is 3.87. The molecule has 2 amide bonds. The second-order valence-corrected chi connectivity index (χ2v) is 5.86. The Morgan fingerprint density at radius 1 is 1.31 bits per heavy atom. The van der Waals surface area contributed by atoms with E-state index in [1.165, 1.54) is 19.4 Å². The Labute approximate surface area is 156 Å². The minimum atomic E-state index is -0.400. The molecule has 9 heteroatoms. The SMILES string of the molecule is [B]CCN1C(=O)c2ccc(N=C(N)c3c(Cl)ccnc3OC)cc2C1=O. The molecule has 2 heterocycles. The number of imide groups is 1. The number of carbonyl (C=O) groups is 2. The quantitative estimate of drug-likeness (QED) is 0.376. The molecule has 0 saturated heterocycles. The molecule has 1 aromatic carbocycles. The summed E-state index contributed by atoms with van der Waals surface area (Å²) in [6, 6.07) is 6.22. The number of ether oxygens (including phenoxy) is 1. The first kappa shape index (κ1) is 17.9. The van der Waals surface area contributed by atoms with Crippen LogP contribution in [0.4, 0.5) is 5.69 Å². The lowest BCUT2D eigenvalue weighted by Gasteiger charge is -2.11. The van der Waals surface area contributed by atoms with Crippen molar-refractivity contribution in [2.75, 3.05) is 13.7 Å². The molecule has 7 nitrogen and oxygen atoms in total. The molecule has 26 heavy (non-hydrogen) atoms. The third kappa shape index (κ3) is 3.03. The molecule has 2 aromatic rings. The summed E-state index contributed by atoms with van der Waals surface area (Å²) in [6.07, 6.45) is 1.69. The van der Waals surface area contributed by atoms with Gasteiger partial charge in [0.05, 0.1) is 42.4 Å². The Balaban J connectivity index is 2.00. The van der Waals surface area contributed by atoms with Crippen molar-refractivity contribution in [1.82, 2.24) is 9.88 Å². The molecule has 130 valence electrons. The molecule has 1 aromatic heterocycles. The van der Waals surface area contributed by atoms with Gasteiger partial charge in [-0.05, 0) is 24.3 Å². The first-order valence-corrected chi connectivity index (χ1v) is 8.09. The van der Waals surface area contributed by atoms with Crippen LogP contribution in [0, 0.1) is 0 Å². The van der Waals surface area contributed by atoms with Gasteiger partial charge in [0.15, 0.2) is 0 Å². The van der Waals surface area contributed by atoms with Crippen molar-refractivity contribution in [3.05, 3.63) is 52.2 Å². The highest BCUT2D eigenvalue weighted by molar-refractivity contribution is 6.34. The van der Waals surface area contributed by atoms with Gasteiger partial charge in [0.25, 0.3) is 11.8 Å². The average Bonchev–Trinajstić information content (AvgIpc) is 2.86. The van der Waals surface area contributed by atoms with Crippen LogP contribution < -0.4 is 10.5 Å². The second kappa shape index (κ2) is 7.17. The summed E-state index contributed by atoms with van der Waals surface area (Å²) in [5, 5.41) is 0.333. The number of rotatable bonds is 5. The number of amides is 2. The van der Waals surface area contributed by atoms with Crippen LogP contribution in [0.2, 0.25) is 11.3 Å². The summed E-state index contributed by atoms with van der Waals surface area (Å²) in [5.41, 5.74) is 7.39. The number of methoxy groups -OCH3 is 1. The molecule has 2 N–H and O–H groups in total. The van der Waals surface area contributed by atoms with Crippen LogP contribution in [0.15, 0.2) is 35.5 Å². The second-order valence-electron chi connectivity index (χ2n) is 5.45. The molecule has 2 radical (unpaired) electrons. The zero-order valence-electron chi connectivity index (χ0n) is 13.9. The van der Waals surface area contributed by atoms with Crippen molar-refractivity contribution in [3.63, 3.8) is 0 Å². The zero-order chi connectivity index (χ0) is 18.8. The van der Waals surface area contributed by atoms with Crippen molar-refractivity contribution < 1.29 is 14.3 Å². The van der Waals surface area contributed by atoms with Crippen LogP contribution in [0.25, 0.3) is 0 Å². The van der Waals surface area contributed by atoms with E-state index in [9.17, 15) is 9.59 Å². The molecule has 0 saturated carbocycles. The molecule has 0 bridgehead atoms. The Hall–Kier alpha value is -2.87. The number of benzene rings is 1. The van der Waals surface area contributed by atoms with Crippen molar-refractivity contribution in [3.8, 4) is 5.88 Å². The van der Waals surface area contributed by atoms with Crippen LogP contribution in [-0.2, 0) is 0 Å². The largest absolute Gasteiger partial charge is 0.480 e. The van der Waals surface area contributed by atoms with Gasteiger partial charge in [0.2, 0.25) is 5.88 Å². The topological polar surface area (TPSA) is 97.9 Å². The molecule has 0 spiro atoms. The summed E-state index contributed by atoms with van der Waals surface area (Å²) < 4.78 is 5.16. The number of halogens is 1. The van der Waals surface area contributed by atoms with E-state index in [0.29, 0.717) is 21.8 Å². The maximum absolute atomic E-state index is 12.4. The molecule has 0 fully saturated rings. The van der Waals surface area contributed by atoms with Gasteiger partial charge in [-0.1, -0.05) is 17.9 Å². The number of aromatic nitrogens is 1. The van der Waals surface area contributed by atoms with Gasteiger partial charge in [-0.2, -0.15) is 0 Å². The van der Waals surface area contributed by atoms with Gasteiger partial charge in [0, 0.05) is 12.7 Å². The number of hydrogen-bond donors (Lipinski definition) is 1. The standard InChI is InChI=1S/C17H14BClN4O3/c1-26-15-13(12(19)4-6-21-15)14(20)22-9-2-3-10-11(8-9)17(25)23(7-5-18)16(10)24/h2-4,6,8H,5,7H2,1H3,(H2,20,22). The maximum atomic E-state index is 12.4. The van der Waals surface area contributed by atoms with Gasteiger partial charge in [-0.3, -0.25) is 14.5 Å². The lowest BCUT2D eigenvalue weighted by molar-refractivity contribution is 0.0663. The van der Waals surface area contributed by atoms with E-state index >= 15 is 0 Å². The Morgan fingerprint density at radius 2 is 2.04 bits per heavy atom. The van der Waals surface area contributed by atoms with Crippen LogP contribution in [-0.4, -0.2) is 49.0 Å². The number of nitrogens with two attached hydrogens (primary N) is 1. The van der Waals surface area contributed by atoms with Gasteiger partial charge in [-0.25, -0.2) is 9.98 Å². The highest BCUT2D eigenvalue weighted by Crippen LogP contribution is 2.29. The van der Waals surface area contributed by atoms with Gasteiger partial charge in [-0.15, -0.1) is 0 Å². The van der Waals surface area contributed by atoms with Crippen LogP contribution in [0.1, 0.15) is 26.3 Å². The van der Waals surface area contributed by atoms with E-state index in [1.807, 2.05) is 0 Å². The predicted molar refractivity (Wildman–Crippen MR) is 98.6 cm³/mol. The van der Waals surface area contributed by atoms with Crippen molar-refractivity contribution in [2.24, 2.45) is 10.7 Å². The van der Waals surface area contributed by atoms with Crippen molar-refractivity contribution in [1.29, 1.82) is 0 Å². The number of aliphatic imine (C=N–C) groups is 1. The smallest absolute Gasteiger partial charge is 0.261 e. The fourth-order valence-corrected chi connectivity index (χ4v) is 2.92. The highest BCUT2D eigenvalue weighted by atomic mass is 35.5. The number of nitrogens with zero attached hydrogens (tertiary/aromatic N) is 3. The number of amidine groups is 1. The van der Waals surface area contributed by atoms with E-state index in [0.717, 1.165) is 4.90 Å². The normalized spacial score (nSPS) is 13.9. The molecule has 3 rings (SSSR count). The summed E-state index contributed by atoms with van der Waals surface area (Å²) >= 11 is 6.16. The maximum Gasteiger partial charge on any atom is 0.261 e. The summed E-state index contributed by atoms with van der Waals surface area (Å²) in [7, 11) is 6.90. The lowest BCUT2D eigenvalue weighted by atomic mass is 10.1. The Kier molecular flexibility index (Phi) is 4.95. The monoisotopic (exact) mass is 368 g/mol. The van der Waals surface area contributed by atoms with Crippen LogP contribution in [0.3, 0.4) is 0 Å². The van der Waals surface area contributed by atoms with E-state index in [4.69, 9.17) is 29.9 Å². The van der Waals surface area contributed by atoms with Gasteiger partial charge in [0.1, 0.15) is 5.84 Å². The fraction of sp³-hybridized carbons (Fsp3) is 0.176. The lowest BCUT2D eigenvalue weighted by Crippen LogP contribution is -2.30. The molecular formula is C17H14BClN4O3. The van der Waals surface area contributed by atoms with Crippen LogP contribution in [0.5, 0.6) is 5.88 Å². The highest BCUT2D eigenvalue weighted by Gasteiger charge is 2.34. The number of carbonyl (C=O) groups excluding carboxylic acids is 2. The minimum absolute atomic E-state index is 0.0792. The molecule has 0 unspecified atom stereocenters. The van der Waals surface area contributed by atoms with E-state index in [1.54, 1.807) is 18.2 Å². The van der Waals surface area contributed by atoms with Gasteiger partial charge < -0.3 is 10.5 Å². The first-order valence-electron chi connectivity index (χ1n) is 7.71. The summed E-state index contributed by atoms with van der Waals surface area (Å²) in [5.74, 6) is -0.449. The van der Waals surface area contributed by atoms with Crippen molar-refractivity contribution >= 4 is 42.8 Å². The third-order valence-corrected chi connectivity index (χ3v) is 4.19. The van der Waals surface area contributed by atoms with Crippen molar-refractivity contribution in [2.45, 2.75) is 6.32 Å². The van der Waals surface area contributed by atoms with E-state index in [-0.39, 0.29) is 36.1 Å². The van der Waals surface area contributed by atoms with Crippen LogP contribution >= 0.6 is 11.6 Å². The predicted octanol–water partition coefficient (Wildman–Crippen LogP) is 1.96. The van der Waals surface area contributed by atoms with E-state index in [2.05, 4.69) is 9.98 Å². The zero-order valence-corrected chi connectivity index (χ0v) is 14.7. The minimum Gasteiger partial charge on any atom is -0.480 e. The molecule has 0 atom stereocenters. The first-order chi connectivity index (χ1) is 12.5. The number of fused-ring (bicyclic) bond motifs is 1. The molecular weight excluding hydrogens is 354 g/mol.